The van der Waals surface area contributed by atoms with Gasteiger partial charge in [-0.2, -0.15) is 0 Å². The molecule has 166 valence electrons. The first-order valence-electron chi connectivity index (χ1n) is 10.9. The second-order valence-corrected chi connectivity index (χ2v) is 9.74. The number of aromatic nitrogens is 3. The van der Waals surface area contributed by atoms with Crippen LogP contribution in [-0.4, -0.2) is 47.8 Å². The van der Waals surface area contributed by atoms with Crippen molar-refractivity contribution in [3.63, 3.8) is 0 Å². The highest BCUT2D eigenvalue weighted by molar-refractivity contribution is 8.00. The van der Waals surface area contributed by atoms with E-state index in [-0.39, 0.29) is 16.6 Å². The monoisotopic (exact) mass is 451 g/mol. The first-order chi connectivity index (χ1) is 15.6. The summed E-state index contributed by atoms with van der Waals surface area (Å²) in [5.74, 6) is 2.18. The van der Waals surface area contributed by atoms with E-state index < -0.39 is 0 Å². The summed E-state index contributed by atoms with van der Waals surface area (Å²) in [6.45, 7) is 4.33. The normalized spacial score (nSPS) is 19.6. The molecule has 3 aromatic rings. The van der Waals surface area contributed by atoms with Gasteiger partial charge in [0.15, 0.2) is 5.82 Å². The summed E-state index contributed by atoms with van der Waals surface area (Å²) in [5.41, 5.74) is 1.90. The summed E-state index contributed by atoms with van der Waals surface area (Å²) in [4.78, 5) is 17.7. The number of rotatable bonds is 6. The Labute approximate surface area is 191 Å². The molecule has 1 aliphatic heterocycles. The van der Waals surface area contributed by atoms with E-state index in [4.69, 9.17) is 14.7 Å². The molecule has 2 aromatic heterocycles. The van der Waals surface area contributed by atoms with Gasteiger partial charge < -0.3 is 15.0 Å². The van der Waals surface area contributed by atoms with Crippen molar-refractivity contribution in [1.29, 1.82) is 0 Å². The van der Waals surface area contributed by atoms with E-state index in [0.717, 1.165) is 47.2 Å². The van der Waals surface area contributed by atoms with Crippen molar-refractivity contribution in [2.45, 2.75) is 35.4 Å². The van der Waals surface area contributed by atoms with E-state index >= 15 is 0 Å². The maximum atomic E-state index is 13.4. The SMILES string of the molecule is CNc1ccc(-c2nc(N3CCOCC3C)cc(C3(Sc4ccc(F)cc4)CC3)n2)cn1. The Balaban J connectivity index is 1.54. The Morgan fingerprint density at radius 2 is 1.97 bits per heavy atom. The largest absolute Gasteiger partial charge is 0.377 e. The lowest BCUT2D eigenvalue weighted by molar-refractivity contribution is 0.0985. The molecular formula is C24H26FN5OS. The summed E-state index contributed by atoms with van der Waals surface area (Å²) in [6, 6.07) is 13.0. The maximum Gasteiger partial charge on any atom is 0.163 e. The van der Waals surface area contributed by atoms with E-state index in [2.05, 4.69) is 28.2 Å². The van der Waals surface area contributed by atoms with Gasteiger partial charge in [-0.05, 0) is 56.2 Å². The van der Waals surface area contributed by atoms with Gasteiger partial charge in [-0.1, -0.05) is 0 Å². The van der Waals surface area contributed by atoms with E-state index in [9.17, 15) is 4.39 Å². The predicted octanol–water partition coefficient (Wildman–Crippen LogP) is 4.73. The molecule has 1 atom stereocenters. The Bertz CT molecular complexity index is 1090. The minimum atomic E-state index is -0.218. The Morgan fingerprint density at radius 1 is 1.16 bits per heavy atom. The number of hydrogen-bond acceptors (Lipinski definition) is 7. The smallest absolute Gasteiger partial charge is 0.163 e. The molecule has 0 amide bonds. The number of benzene rings is 1. The predicted molar refractivity (Wildman–Crippen MR) is 126 cm³/mol. The van der Waals surface area contributed by atoms with Crippen molar-refractivity contribution in [1.82, 2.24) is 15.0 Å². The van der Waals surface area contributed by atoms with Crippen molar-refractivity contribution in [2.24, 2.45) is 0 Å². The topological polar surface area (TPSA) is 63.2 Å². The van der Waals surface area contributed by atoms with Crippen LogP contribution >= 0.6 is 11.8 Å². The van der Waals surface area contributed by atoms with E-state index in [1.54, 1.807) is 11.8 Å². The van der Waals surface area contributed by atoms with Gasteiger partial charge in [-0.3, -0.25) is 0 Å². The summed E-state index contributed by atoms with van der Waals surface area (Å²) in [7, 11) is 1.85. The average Bonchev–Trinajstić information content (AvgIpc) is 3.61. The molecule has 3 heterocycles. The van der Waals surface area contributed by atoms with Crippen LogP contribution in [0.25, 0.3) is 11.4 Å². The highest BCUT2D eigenvalue weighted by Crippen LogP contribution is 2.59. The molecule has 0 radical (unpaired) electrons. The lowest BCUT2D eigenvalue weighted by Crippen LogP contribution is -2.44. The fraction of sp³-hybridized carbons (Fsp3) is 0.375. The second-order valence-electron chi connectivity index (χ2n) is 8.28. The Kier molecular flexibility index (Phi) is 5.73. The van der Waals surface area contributed by atoms with Crippen molar-refractivity contribution in [3.8, 4) is 11.4 Å². The van der Waals surface area contributed by atoms with Crippen LogP contribution in [0.2, 0.25) is 0 Å². The number of pyridine rings is 1. The van der Waals surface area contributed by atoms with Crippen LogP contribution in [0.15, 0.2) is 53.6 Å². The highest BCUT2D eigenvalue weighted by atomic mass is 32.2. The number of hydrogen-bond donors (Lipinski definition) is 1. The van der Waals surface area contributed by atoms with Gasteiger partial charge in [0, 0.05) is 36.3 Å². The third kappa shape index (κ3) is 4.29. The van der Waals surface area contributed by atoms with Crippen molar-refractivity contribution >= 4 is 23.4 Å². The zero-order chi connectivity index (χ0) is 22.1. The Morgan fingerprint density at radius 3 is 2.62 bits per heavy atom. The first kappa shape index (κ1) is 21.2. The van der Waals surface area contributed by atoms with Crippen LogP contribution in [0.5, 0.6) is 0 Å². The molecular weight excluding hydrogens is 425 g/mol. The summed E-state index contributed by atoms with van der Waals surface area (Å²) >= 11 is 1.76. The van der Waals surface area contributed by atoms with Crippen LogP contribution in [-0.2, 0) is 9.48 Å². The number of morpholine rings is 1. The third-order valence-corrected chi connectivity index (χ3v) is 7.47. The second kappa shape index (κ2) is 8.67. The zero-order valence-corrected chi connectivity index (χ0v) is 19.0. The fourth-order valence-electron chi connectivity index (χ4n) is 3.94. The molecule has 8 heteroatoms. The van der Waals surface area contributed by atoms with Crippen LogP contribution in [0.3, 0.4) is 0 Å². The molecule has 1 aliphatic carbocycles. The van der Waals surface area contributed by atoms with Crippen molar-refractivity contribution in [3.05, 3.63) is 60.2 Å². The molecule has 6 nitrogen and oxygen atoms in total. The van der Waals surface area contributed by atoms with Gasteiger partial charge in [0.1, 0.15) is 17.5 Å². The number of nitrogens with one attached hydrogen (secondary N) is 1. The summed E-state index contributed by atoms with van der Waals surface area (Å²) in [5, 5.41) is 3.05. The molecule has 1 unspecified atom stereocenters. The summed E-state index contributed by atoms with van der Waals surface area (Å²) in [6.07, 6.45) is 3.87. The molecule has 1 N–H and O–H groups in total. The quantitative estimate of drug-likeness (QED) is 0.581. The number of nitrogens with zero attached hydrogens (tertiary/aromatic N) is 4. The Hall–Kier alpha value is -2.71. The van der Waals surface area contributed by atoms with Crippen LogP contribution < -0.4 is 10.2 Å². The maximum absolute atomic E-state index is 13.4. The van der Waals surface area contributed by atoms with Gasteiger partial charge in [-0.25, -0.2) is 19.3 Å². The summed E-state index contributed by atoms with van der Waals surface area (Å²) < 4.78 is 18.9. The minimum Gasteiger partial charge on any atom is -0.377 e. The van der Waals surface area contributed by atoms with Gasteiger partial charge in [-0.15, -0.1) is 11.8 Å². The van der Waals surface area contributed by atoms with Gasteiger partial charge in [0.05, 0.1) is 29.7 Å². The third-order valence-electron chi connectivity index (χ3n) is 5.95. The minimum absolute atomic E-state index is 0.113. The van der Waals surface area contributed by atoms with Crippen molar-refractivity contribution < 1.29 is 9.13 Å². The average molecular weight is 452 g/mol. The molecule has 1 aromatic carbocycles. The van der Waals surface area contributed by atoms with E-state index in [1.807, 2.05) is 37.5 Å². The fourth-order valence-corrected chi connectivity index (χ4v) is 5.18. The molecule has 2 aliphatic rings. The van der Waals surface area contributed by atoms with Crippen LogP contribution in [0, 0.1) is 5.82 Å². The van der Waals surface area contributed by atoms with Crippen molar-refractivity contribution in [2.75, 3.05) is 37.0 Å². The molecule has 5 rings (SSSR count). The molecule has 0 spiro atoms. The zero-order valence-electron chi connectivity index (χ0n) is 18.2. The van der Waals surface area contributed by atoms with Gasteiger partial charge in [0.25, 0.3) is 0 Å². The lowest BCUT2D eigenvalue weighted by Gasteiger charge is -2.34. The molecule has 1 saturated heterocycles. The number of ether oxygens (including phenoxy) is 1. The van der Waals surface area contributed by atoms with E-state index in [0.29, 0.717) is 19.0 Å². The van der Waals surface area contributed by atoms with Crippen LogP contribution in [0.4, 0.5) is 16.0 Å². The number of halogens is 1. The molecule has 32 heavy (non-hydrogen) atoms. The lowest BCUT2D eigenvalue weighted by atomic mass is 10.2. The van der Waals surface area contributed by atoms with Gasteiger partial charge >= 0.3 is 0 Å². The molecule has 0 bridgehead atoms. The number of thioether (sulfide) groups is 1. The first-order valence-corrected chi connectivity index (χ1v) is 11.7. The van der Waals surface area contributed by atoms with Gasteiger partial charge in [0.2, 0.25) is 0 Å². The molecule has 1 saturated carbocycles. The molecule has 2 fully saturated rings. The van der Waals surface area contributed by atoms with Crippen LogP contribution in [0.1, 0.15) is 25.5 Å². The standard InChI is InChI=1S/C24H26FN5OS/c1-16-15-31-12-11-30(16)22-13-20(24(9-10-24)32-19-6-4-18(25)5-7-19)28-23(29-22)17-3-8-21(26-2)27-14-17/h3-8,13-14,16H,9-12,15H2,1-2H3,(H,26,27). The van der Waals surface area contributed by atoms with E-state index in [1.165, 1.54) is 12.1 Å². The highest BCUT2D eigenvalue weighted by Gasteiger charge is 2.47. The number of anilines is 2.